The van der Waals surface area contributed by atoms with Crippen molar-refractivity contribution in [3.8, 4) is 11.3 Å². The first-order chi connectivity index (χ1) is 16.0. The van der Waals surface area contributed by atoms with Gasteiger partial charge in [-0.1, -0.05) is 35.0 Å². The lowest BCUT2D eigenvalue weighted by Gasteiger charge is -2.43. The number of thioether (sulfide) groups is 1. The molecule has 0 saturated carbocycles. The number of aliphatic hydroxyl groups excluding tert-OH is 3. The zero-order valence-electron chi connectivity index (χ0n) is 16.7. The number of rotatable bonds is 5. The first-order valence-electron chi connectivity index (χ1n) is 9.58. The molecule has 0 radical (unpaired) electrons. The van der Waals surface area contributed by atoms with Crippen LogP contribution < -0.4 is 0 Å². The first kappa shape index (κ1) is 25.3. The molecule has 0 spiro atoms. The minimum Gasteiger partial charge on any atom is -0.394 e. The Bertz CT molecular complexity index is 1190. The van der Waals surface area contributed by atoms with Gasteiger partial charge in [0.05, 0.1) is 27.9 Å². The smallest absolute Gasteiger partial charge is 0.200 e. The molecule has 0 aliphatic carbocycles. The van der Waals surface area contributed by atoms with Gasteiger partial charge in [0.2, 0.25) is 5.82 Å². The SMILES string of the molecule is OCC1O[C@H](Sc2ccc(Cl)c(Cl)c2)C(O)[C@@H](n2cc(-c3c(F)c(F)c(F)c(F)c3F)[nH]2)[C@H]1O. The van der Waals surface area contributed by atoms with Gasteiger partial charge in [0, 0.05) is 11.1 Å². The van der Waals surface area contributed by atoms with Gasteiger partial charge in [0.1, 0.15) is 29.8 Å². The highest BCUT2D eigenvalue weighted by molar-refractivity contribution is 7.99. The Morgan fingerprint density at radius 3 is 2.09 bits per heavy atom. The number of aliphatic hydroxyl groups is 3. The average Bonchev–Trinajstić information content (AvgIpc) is 2.78. The van der Waals surface area contributed by atoms with Crippen LogP contribution in [0.15, 0.2) is 29.3 Å². The number of nitrogens with zero attached hydrogens (tertiary/aromatic N) is 1. The molecule has 1 aromatic heterocycles. The third-order valence-electron chi connectivity index (χ3n) is 5.31. The summed E-state index contributed by atoms with van der Waals surface area (Å²) in [6.07, 6.45) is -3.14. The second-order valence-corrected chi connectivity index (χ2v) is 9.38. The molecule has 2 heterocycles. The number of aromatic nitrogens is 2. The van der Waals surface area contributed by atoms with E-state index in [2.05, 4.69) is 5.10 Å². The minimum atomic E-state index is -2.29. The number of benzene rings is 2. The third kappa shape index (κ3) is 4.32. The van der Waals surface area contributed by atoms with Crippen molar-refractivity contribution in [2.75, 3.05) is 6.61 Å². The van der Waals surface area contributed by atoms with Crippen LogP contribution in [0, 0.1) is 29.1 Å². The molecule has 1 aliphatic heterocycles. The maximum Gasteiger partial charge on any atom is 0.200 e. The van der Waals surface area contributed by atoms with Crippen LogP contribution >= 0.6 is 35.0 Å². The molecule has 0 bridgehead atoms. The van der Waals surface area contributed by atoms with Crippen LogP contribution in [0.25, 0.3) is 11.3 Å². The zero-order valence-corrected chi connectivity index (χ0v) is 19.0. The fourth-order valence-electron chi connectivity index (χ4n) is 3.57. The summed E-state index contributed by atoms with van der Waals surface area (Å²) in [6.45, 7) is -0.634. The molecule has 1 aliphatic rings. The first-order valence-corrected chi connectivity index (χ1v) is 11.2. The Morgan fingerprint density at radius 1 is 0.941 bits per heavy atom. The molecule has 1 saturated heterocycles. The van der Waals surface area contributed by atoms with Gasteiger partial charge in [-0.2, -0.15) is 0 Å². The molecule has 5 atom stereocenters. The van der Waals surface area contributed by atoms with Gasteiger partial charge in [-0.25, -0.2) is 22.0 Å². The van der Waals surface area contributed by atoms with Crippen LogP contribution in [0.1, 0.15) is 6.04 Å². The Balaban J connectivity index is 1.64. The van der Waals surface area contributed by atoms with E-state index in [9.17, 15) is 37.3 Å². The molecule has 4 N–H and O–H groups in total. The van der Waals surface area contributed by atoms with Crippen LogP contribution in [-0.2, 0) is 4.74 Å². The molecule has 14 heteroatoms. The van der Waals surface area contributed by atoms with Gasteiger partial charge < -0.3 is 20.1 Å². The summed E-state index contributed by atoms with van der Waals surface area (Å²) in [5, 5.41) is 33.9. The van der Waals surface area contributed by atoms with Crippen molar-refractivity contribution in [2.24, 2.45) is 0 Å². The maximum atomic E-state index is 14.1. The van der Waals surface area contributed by atoms with Gasteiger partial charge in [0.15, 0.2) is 23.3 Å². The molecule has 4 rings (SSSR count). The molecule has 3 aromatic rings. The Kier molecular flexibility index (Phi) is 7.21. The standard InChI is InChI=1S/C20H15Cl2F5N2O4S/c21-7-2-1-6(3-8(7)22)34-20-19(32)17(18(31)10(5-30)33-20)29-4-9(28-29)11-12(23)14(25)16(27)15(26)13(11)24/h1-4,10,17-20,28,30-32H,5H2/t10?,17-,18-,19?,20+/m0/s1. The summed E-state index contributed by atoms with van der Waals surface area (Å²) in [7, 11) is 0. The summed E-state index contributed by atoms with van der Waals surface area (Å²) in [5.41, 5.74) is -2.70. The number of aromatic amines is 1. The van der Waals surface area contributed by atoms with Crippen molar-refractivity contribution < 1.29 is 42.0 Å². The van der Waals surface area contributed by atoms with E-state index in [1.165, 1.54) is 12.1 Å². The number of halogens is 7. The van der Waals surface area contributed by atoms with E-state index in [1.54, 1.807) is 6.07 Å². The van der Waals surface area contributed by atoms with Crippen molar-refractivity contribution in [3.63, 3.8) is 0 Å². The van der Waals surface area contributed by atoms with E-state index in [1.807, 2.05) is 0 Å². The fourth-order valence-corrected chi connectivity index (χ4v) is 5.04. The topological polar surface area (TPSA) is 90.6 Å². The van der Waals surface area contributed by atoms with Crippen LogP contribution in [0.5, 0.6) is 0 Å². The Hall–Kier alpha value is -1.80. The maximum absolute atomic E-state index is 14.1. The molecule has 2 unspecified atom stereocenters. The third-order valence-corrected chi connectivity index (χ3v) is 7.20. The van der Waals surface area contributed by atoms with Crippen molar-refractivity contribution >= 4 is 35.0 Å². The number of hydrogen-bond acceptors (Lipinski definition) is 5. The molecule has 0 amide bonds. The van der Waals surface area contributed by atoms with E-state index in [4.69, 9.17) is 27.9 Å². The summed E-state index contributed by atoms with van der Waals surface area (Å²) < 4.78 is 75.2. The lowest BCUT2D eigenvalue weighted by atomic mass is 9.97. The zero-order chi connectivity index (χ0) is 24.9. The van der Waals surface area contributed by atoms with Crippen LogP contribution in [-0.4, -0.2) is 55.5 Å². The fraction of sp³-hybridized carbons (Fsp3) is 0.300. The Morgan fingerprint density at radius 2 is 1.53 bits per heavy atom. The molecular formula is C20H15Cl2F5N2O4S. The molecule has 34 heavy (non-hydrogen) atoms. The van der Waals surface area contributed by atoms with Crippen LogP contribution in [0.3, 0.4) is 0 Å². The molecule has 6 nitrogen and oxygen atoms in total. The molecule has 184 valence electrons. The van der Waals surface area contributed by atoms with Gasteiger partial charge in [-0.05, 0) is 18.2 Å². The lowest BCUT2D eigenvalue weighted by Crippen LogP contribution is -2.55. The number of H-pyrrole nitrogens is 1. The van der Waals surface area contributed by atoms with Crippen molar-refractivity contribution in [1.82, 2.24) is 9.78 Å². The monoisotopic (exact) mass is 544 g/mol. The predicted molar refractivity (Wildman–Crippen MR) is 113 cm³/mol. The predicted octanol–water partition coefficient (Wildman–Crippen LogP) is 4.26. The van der Waals surface area contributed by atoms with Crippen molar-refractivity contribution in [2.45, 2.75) is 34.7 Å². The molecule has 1 fully saturated rings. The highest BCUT2D eigenvalue weighted by atomic mass is 35.5. The molecular weight excluding hydrogens is 530 g/mol. The van der Waals surface area contributed by atoms with Crippen molar-refractivity contribution in [1.29, 1.82) is 0 Å². The average molecular weight is 545 g/mol. The second kappa shape index (κ2) is 9.69. The van der Waals surface area contributed by atoms with Gasteiger partial charge in [-0.3, -0.25) is 9.78 Å². The van der Waals surface area contributed by atoms with E-state index in [0.717, 1.165) is 22.6 Å². The molecule has 2 aromatic carbocycles. The van der Waals surface area contributed by atoms with Crippen LogP contribution in [0.2, 0.25) is 10.0 Å². The summed E-state index contributed by atoms with van der Waals surface area (Å²) >= 11 is 12.9. The summed E-state index contributed by atoms with van der Waals surface area (Å²) in [4.78, 5) is 0.541. The number of nitrogens with one attached hydrogen (secondary N) is 1. The van der Waals surface area contributed by atoms with E-state index < -0.39 is 76.7 Å². The second-order valence-electron chi connectivity index (χ2n) is 7.40. The Labute approximate surface area is 202 Å². The van der Waals surface area contributed by atoms with Gasteiger partial charge >= 0.3 is 0 Å². The highest BCUT2D eigenvalue weighted by Gasteiger charge is 2.46. The normalized spacial score (nSPS) is 25.2. The highest BCUT2D eigenvalue weighted by Crippen LogP contribution is 2.40. The lowest BCUT2D eigenvalue weighted by molar-refractivity contribution is -0.179. The van der Waals surface area contributed by atoms with Crippen LogP contribution in [0.4, 0.5) is 22.0 Å². The van der Waals surface area contributed by atoms with E-state index in [-0.39, 0.29) is 5.02 Å². The number of ether oxygens (including phenoxy) is 1. The minimum absolute atomic E-state index is 0.243. The number of hydrogen-bond donors (Lipinski definition) is 4. The van der Waals surface area contributed by atoms with Gasteiger partial charge in [-0.15, -0.1) is 0 Å². The largest absolute Gasteiger partial charge is 0.394 e. The quantitative estimate of drug-likeness (QED) is 0.219. The van der Waals surface area contributed by atoms with E-state index >= 15 is 0 Å². The summed E-state index contributed by atoms with van der Waals surface area (Å²) in [5.74, 6) is -10.6. The van der Waals surface area contributed by atoms with Crippen molar-refractivity contribution in [3.05, 3.63) is 63.5 Å². The summed E-state index contributed by atoms with van der Waals surface area (Å²) in [6, 6.07) is 3.41. The van der Waals surface area contributed by atoms with Gasteiger partial charge in [0.25, 0.3) is 0 Å². The van der Waals surface area contributed by atoms with E-state index in [0.29, 0.717) is 9.92 Å².